The van der Waals surface area contributed by atoms with Gasteiger partial charge in [0.2, 0.25) is 0 Å². The molecule has 3 rings (SSSR count). The molecule has 1 fully saturated rings. The van der Waals surface area contributed by atoms with E-state index in [0.717, 1.165) is 17.7 Å². The maximum Gasteiger partial charge on any atom is 0.409 e. The molecule has 1 heterocycles. The maximum atomic E-state index is 13.3. The molecule has 2 aromatic carbocycles. The van der Waals surface area contributed by atoms with E-state index in [2.05, 4.69) is 11.0 Å². The number of hydrogen-bond acceptors (Lipinski definition) is 5. The lowest BCUT2D eigenvalue weighted by atomic mass is 10.1. The predicted molar refractivity (Wildman–Crippen MR) is 128 cm³/mol. The van der Waals surface area contributed by atoms with Gasteiger partial charge >= 0.3 is 6.09 Å². The van der Waals surface area contributed by atoms with Crippen LogP contribution in [0.25, 0.3) is 0 Å². The molecule has 9 heteroatoms. The van der Waals surface area contributed by atoms with Crippen molar-refractivity contribution in [1.29, 1.82) is 5.26 Å². The number of hydrogen-bond donors (Lipinski definition) is 0. The SMILES string of the molecule is CCCS(=O)N(Cc1ccc(F)cc1)c1ccc(N2CCN(C(=O)OCC)CC2)c(C#N)c1. The molecule has 0 aromatic heterocycles. The van der Waals surface area contributed by atoms with Crippen LogP contribution in [0.1, 0.15) is 31.4 Å². The number of carbonyl (C=O) groups is 1. The van der Waals surface area contributed by atoms with Crippen molar-refractivity contribution in [3.8, 4) is 6.07 Å². The summed E-state index contributed by atoms with van der Waals surface area (Å²) < 4.78 is 33.1. The molecule has 7 nitrogen and oxygen atoms in total. The van der Waals surface area contributed by atoms with Gasteiger partial charge in [-0.05, 0) is 49.2 Å². The molecule has 0 saturated carbocycles. The summed E-state index contributed by atoms with van der Waals surface area (Å²) in [5, 5.41) is 9.83. The fourth-order valence-electron chi connectivity index (χ4n) is 3.71. The molecular weight excluding hydrogens is 443 g/mol. The maximum absolute atomic E-state index is 13.3. The van der Waals surface area contributed by atoms with Gasteiger partial charge in [-0.1, -0.05) is 19.1 Å². The number of anilines is 2. The molecular formula is C24H29FN4O3S. The number of piperazine rings is 1. The lowest BCUT2D eigenvalue weighted by Crippen LogP contribution is -2.49. The topological polar surface area (TPSA) is 76.9 Å². The van der Waals surface area contributed by atoms with E-state index in [1.165, 1.54) is 12.1 Å². The van der Waals surface area contributed by atoms with E-state index >= 15 is 0 Å². The Balaban J connectivity index is 1.81. The quantitative estimate of drug-likeness (QED) is 0.579. The lowest BCUT2D eigenvalue weighted by molar-refractivity contribution is 0.105. The average molecular weight is 473 g/mol. The first kappa shape index (κ1) is 24.5. The van der Waals surface area contributed by atoms with E-state index in [4.69, 9.17) is 4.74 Å². The molecule has 1 amide bonds. The number of carbonyl (C=O) groups excluding carboxylic acids is 1. The minimum atomic E-state index is -1.29. The van der Waals surface area contributed by atoms with Gasteiger partial charge in [0.15, 0.2) is 0 Å². The summed E-state index contributed by atoms with van der Waals surface area (Å²) in [7, 11) is -1.29. The van der Waals surface area contributed by atoms with Gasteiger partial charge in [0.25, 0.3) is 0 Å². The summed E-state index contributed by atoms with van der Waals surface area (Å²) in [5.74, 6) is 0.167. The van der Waals surface area contributed by atoms with Crippen LogP contribution in [0.15, 0.2) is 42.5 Å². The Morgan fingerprint density at radius 1 is 1.15 bits per heavy atom. The van der Waals surface area contributed by atoms with Gasteiger partial charge in [0.05, 0.1) is 30.1 Å². The zero-order chi connectivity index (χ0) is 23.8. The van der Waals surface area contributed by atoms with Crippen LogP contribution in [0.3, 0.4) is 0 Å². The van der Waals surface area contributed by atoms with Gasteiger partial charge < -0.3 is 14.5 Å². The zero-order valence-corrected chi connectivity index (χ0v) is 19.8. The van der Waals surface area contributed by atoms with Crippen LogP contribution in [0.2, 0.25) is 0 Å². The molecule has 176 valence electrons. The van der Waals surface area contributed by atoms with Crippen molar-refractivity contribution in [2.24, 2.45) is 0 Å². The minimum Gasteiger partial charge on any atom is -0.450 e. The smallest absolute Gasteiger partial charge is 0.409 e. The van der Waals surface area contributed by atoms with E-state index in [9.17, 15) is 18.7 Å². The second-order valence-electron chi connectivity index (χ2n) is 7.67. The minimum absolute atomic E-state index is 0.317. The molecule has 0 aliphatic carbocycles. The van der Waals surface area contributed by atoms with Crippen LogP contribution >= 0.6 is 0 Å². The highest BCUT2D eigenvalue weighted by atomic mass is 32.2. The molecule has 1 unspecified atom stereocenters. The van der Waals surface area contributed by atoms with E-state index in [-0.39, 0.29) is 11.9 Å². The van der Waals surface area contributed by atoms with Crippen molar-refractivity contribution in [3.63, 3.8) is 0 Å². The Morgan fingerprint density at radius 3 is 2.45 bits per heavy atom. The monoisotopic (exact) mass is 472 g/mol. The van der Waals surface area contributed by atoms with Crippen molar-refractivity contribution < 1.29 is 18.1 Å². The van der Waals surface area contributed by atoms with E-state index in [0.29, 0.717) is 56.3 Å². The van der Waals surface area contributed by atoms with Crippen LogP contribution in [-0.4, -0.2) is 53.7 Å². The van der Waals surface area contributed by atoms with Crippen molar-refractivity contribution >= 4 is 28.5 Å². The molecule has 1 aliphatic rings. The Morgan fingerprint density at radius 2 is 1.85 bits per heavy atom. The van der Waals surface area contributed by atoms with Gasteiger partial charge in [-0.2, -0.15) is 5.26 Å². The van der Waals surface area contributed by atoms with E-state index in [1.807, 2.05) is 19.1 Å². The highest BCUT2D eigenvalue weighted by molar-refractivity contribution is 7.86. The highest BCUT2D eigenvalue weighted by Gasteiger charge is 2.24. The number of nitriles is 1. The van der Waals surface area contributed by atoms with Crippen molar-refractivity contribution in [3.05, 3.63) is 59.4 Å². The largest absolute Gasteiger partial charge is 0.450 e. The number of amides is 1. The van der Waals surface area contributed by atoms with Crippen LogP contribution in [0.5, 0.6) is 0 Å². The molecule has 0 N–H and O–H groups in total. The number of nitrogens with zero attached hydrogens (tertiary/aromatic N) is 4. The van der Waals surface area contributed by atoms with Gasteiger partial charge in [0, 0.05) is 31.9 Å². The summed E-state index contributed by atoms with van der Waals surface area (Å²) >= 11 is 0. The summed E-state index contributed by atoms with van der Waals surface area (Å²) in [6.45, 7) is 6.64. The first-order valence-corrected chi connectivity index (χ1v) is 12.4. The lowest BCUT2D eigenvalue weighted by Gasteiger charge is -2.36. The average Bonchev–Trinajstić information content (AvgIpc) is 2.83. The van der Waals surface area contributed by atoms with Crippen molar-refractivity contribution in [2.75, 3.05) is 47.7 Å². The third kappa shape index (κ3) is 6.23. The van der Waals surface area contributed by atoms with Crippen LogP contribution in [0.4, 0.5) is 20.6 Å². The van der Waals surface area contributed by atoms with Gasteiger partial charge in [-0.15, -0.1) is 0 Å². The molecule has 1 atom stereocenters. The molecule has 2 aromatic rings. The second-order valence-corrected chi connectivity index (χ2v) is 9.17. The normalized spacial score (nSPS) is 14.5. The van der Waals surface area contributed by atoms with Gasteiger partial charge in [-0.3, -0.25) is 4.31 Å². The third-order valence-corrected chi connectivity index (χ3v) is 6.99. The predicted octanol–water partition coefficient (Wildman–Crippen LogP) is 4.06. The molecule has 0 bridgehead atoms. The molecule has 33 heavy (non-hydrogen) atoms. The second kappa shape index (κ2) is 11.7. The summed E-state index contributed by atoms with van der Waals surface area (Å²) in [5.41, 5.74) is 2.78. The van der Waals surface area contributed by atoms with Crippen LogP contribution in [-0.2, 0) is 22.3 Å². The summed E-state index contributed by atoms with van der Waals surface area (Å²) in [6, 6.07) is 13.9. The van der Waals surface area contributed by atoms with E-state index < -0.39 is 11.0 Å². The molecule has 0 radical (unpaired) electrons. The first-order valence-electron chi connectivity index (χ1n) is 11.1. The fraction of sp³-hybridized carbons (Fsp3) is 0.417. The van der Waals surface area contributed by atoms with Gasteiger partial charge in [0.1, 0.15) is 22.9 Å². The number of rotatable bonds is 8. The Labute approximate surface area is 196 Å². The summed E-state index contributed by atoms with van der Waals surface area (Å²) in [6.07, 6.45) is 0.434. The number of ether oxygens (including phenoxy) is 1. The first-order chi connectivity index (χ1) is 16.0. The third-order valence-electron chi connectivity index (χ3n) is 5.40. The fourth-order valence-corrected chi connectivity index (χ4v) is 4.92. The molecule has 1 saturated heterocycles. The standard InChI is InChI=1S/C24H29FN4O3S/c1-3-15-33(31)29(18-19-5-7-21(25)8-6-19)22-9-10-23(20(16-22)17-26)27-11-13-28(14-12-27)24(30)32-4-2/h5-10,16H,3-4,11-15,18H2,1-2H3. The Bertz CT molecular complexity index is 1020. The van der Waals surface area contributed by atoms with Crippen LogP contribution < -0.4 is 9.21 Å². The molecule has 1 aliphatic heterocycles. The van der Waals surface area contributed by atoms with Crippen molar-refractivity contribution in [2.45, 2.75) is 26.8 Å². The Kier molecular flexibility index (Phi) is 8.66. The Hall–Kier alpha value is -3.12. The summed E-state index contributed by atoms with van der Waals surface area (Å²) in [4.78, 5) is 15.7. The number of halogens is 1. The van der Waals surface area contributed by atoms with Crippen LogP contribution in [0, 0.1) is 17.1 Å². The highest BCUT2D eigenvalue weighted by Crippen LogP contribution is 2.29. The van der Waals surface area contributed by atoms with E-state index in [1.54, 1.807) is 34.3 Å². The van der Waals surface area contributed by atoms with Crippen molar-refractivity contribution in [1.82, 2.24) is 4.90 Å². The van der Waals surface area contributed by atoms with Gasteiger partial charge in [-0.25, -0.2) is 13.4 Å². The zero-order valence-electron chi connectivity index (χ0n) is 19.0. The molecule has 0 spiro atoms. The number of benzene rings is 2.